The van der Waals surface area contributed by atoms with Crippen molar-refractivity contribution in [3.8, 4) is 0 Å². The first-order valence-electron chi connectivity index (χ1n) is 6.27. The van der Waals surface area contributed by atoms with Gasteiger partial charge in [0.1, 0.15) is 0 Å². The summed E-state index contributed by atoms with van der Waals surface area (Å²) in [5.74, 6) is 0.550. The molecule has 0 radical (unpaired) electrons. The fraction of sp³-hybridized carbons (Fsp3) is 0.692. The minimum Gasteiger partial charge on any atom is -0.385 e. The summed E-state index contributed by atoms with van der Waals surface area (Å²) in [6, 6.07) is 2.60. The lowest BCUT2D eigenvalue weighted by molar-refractivity contribution is 0.170. The van der Waals surface area contributed by atoms with Crippen LogP contribution in [-0.2, 0) is 4.74 Å². The van der Waals surface area contributed by atoms with Crippen LogP contribution in [-0.4, -0.2) is 20.3 Å². The van der Waals surface area contributed by atoms with E-state index < -0.39 is 0 Å². The summed E-state index contributed by atoms with van der Waals surface area (Å²) in [5, 5.41) is 3.65. The molecule has 1 aromatic rings. The average molecular weight is 399 g/mol. The summed E-state index contributed by atoms with van der Waals surface area (Å²) in [7, 11) is 1.76. The third-order valence-corrected chi connectivity index (χ3v) is 5.36. The van der Waals surface area contributed by atoms with Gasteiger partial charge >= 0.3 is 0 Å². The normalized spacial score (nSPS) is 14.7. The van der Waals surface area contributed by atoms with Crippen molar-refractivity contribution in [3.05, 3.63) is 19.2 Å². The summed E-state index contributed by atoms with van der Waals surface area (Å²) < 4.78 is 7.58. The van der Waals surface area contributed by atoms with Crippen molar-refractivity contribution in [1.29, 1.82) is 0 Å². The van der Waals surface area contributed by atoms with Gasteiger partial charge in [-0.3, -0.25) is 0 Å². The van der Waals surface area contributed by atoms with Crippen LogP contribution in [0.3, 0.4) is 0 Å². The molecule has 0 amide bonds. The molecule has 0 aliphatic carbocycles. The second kappa shape index (κ2) is 8.69. The van der Waals surface area contributed by atoms with E-state index in [0.717, 1.165) is 26.0 Å². The molecule has 1 heterocycles. The van der Waals surface area contributed by atoms with Crippen molar-refractivity contribution in [2.24, 2.45) is 5.92 Å². The van der Waals surface area contributed by atoms with Crippen LogP contribution in [0.4, 0.5) is 0 Å². The van der Waals surface area contributed by atoms with E-state index in [2.05, 4.69) is 57.1 Å². The minimum atomic E-state index is 0.386. The average Bonchev–Trinajstić information content (AvgIpc) is 2.66. The maximum atomic E-state index is 5.19. The molecule has 0 fully saturated rings. The Morgan fingerprint density at radius 1 is 1.44 bits per heavy atom. The highest BCUT2D eigenvalue weighted by Crippen LogP contribution is 2.38. The molecule has 2 nitrogen and oxygen atoms in total. The third kappa shape index (κ3) is 4.93. The summed E-state index contributed by atoms with van der Waals surface area (Å²) in [6.45, 7) is 6.34. The van der Waals surface area contributed by atoms with Crippen LogP contribution in [0.15, 0.2) is 13.6 Å². The van der Waals surface area contributed by atoms with Gasteiger partial charge in [0, 0.05) is 19.8 Å². The fourth-order valence-corrected chi connectivity index (χ4v) is 4.88. The lowest BCUT2D eigenvalue weighted by Crippen LogP contribution is -2.28. The molecule has 5 heteroatoms. The summed E-state index contributed by atoms with van der Waals surface area (Å²) in [4.78, 5) is 0. The maximum Gasteiger partial charge on any atom is 0.0758 e. The summed E-state index contributed by atoms with van der Waals surface area (Å²) in [6.07, 6.45) is 2.22. The Kier molecular flexibility index (Phi) is 8.03. The van der Waals surface area contributed by atoms with Gasteiger partial charge in [0.25, 0.3) is 0 Å². The van der Waals surface area contributed by atoms with Crippen molar-refractivity contribution in [3.63, 3.8) is 0 Å². The molecule has 0 spiro atoms. The smallest absolute Gasteiger partial charge is 0.0758 e. The molecular formula is C13H21Br2NOS. The number of ether oxygens (including phenoxy) is 1. The largest absolute Gasteiger partial charge is 0.385 e. The van der Waals surface area contributed by atoms with Crippen molar-refractivity contribution >= 4 is 43.2 Å². The zero-order chi connectivity index (χ0) is 13.5. The summed E-state index contributed by atoms with van der Waals surface area (Å²) >= 11 is 8.96. The number of hydrogen-bond donors (Lipinski definition) is 1. The first-order chi connectivity index (χ1) is 8.60. The molecule has 2 atom stereocenters. The Hall–Kier alpha value is 0.580. The van der Waals surface area contributed by atoms with E-state index in [4.69, 9.17) is 4.74 Å². The minimum absolute atomic E-state index is 0.386. The Morgan fingerprint density at radius 3 is 2.67 bits per heavy atom. The molecule has 0 aromatic carbocycles. The lowest BCUT2D eigenvalue weighted by atomic mass is 9.94. The molecule has 18 heavy (non-hydrogen) atoms. The highest BCUT2D eigenvalue weighted by atomic mass is 79.9. The van der Waals surface area contributed by atoms with Crippen molar-refractivity contribution < 1.29 is 4.74 Å². The van der Waals surface area contributed by atoms with Crippen LogP contribution in [0, 0.1) is 5.92 Å². The number of hydrogen-bond acceptors (Lipinski definition) is 3. The van der Waals surface area contributed by atoms with Crippen LogP contribution in [0.25, 0.3) is 0 Å². The first-order valence-corrected chi connectivity index (χ1v) is 8.67. The van der Waals surface area contributed by atoms with E-state index in [0.29, 0.717) is 12.0 Å². The highest BCUT2D eigenvalue weighted by molar-refractivity contribution is 9.12. The molecule has 1 N–H and O–H groups in total. The molecule has 1 rings (SSSR count). The molecule has 0 saturated carbocycles. The molecule has 0 aliphatic rings. The zero-order valence-corrected chi connectivity index (χ0v) is 15.1. The SMILES string of the molecule is CCCNC(c1cc(Br)sc1Br)C(C)CCOC. The van der Waals surface area contributed by atoms with Gasteiger partial charge in [-0.2, -0.15) is 0 Å². The molecule has 0 saturated heterocycles. The van der Waals surface area contributed by atoms with Crippen LogP contribution in [0.1, 0.15) is 38.3 Å². The topological polar surface area (TPSA) is 21.3 Å². The van der Waals surface area contributed by atoms with Gasteiger partial charge in [-0.25, -0.2) is 0 Å². The fourth-order valence-electron chi connectivity index (χ4n) is 1.95. The monoisotopic (exact) mass is 397 g/mol. The molecule has 1 aromatic heterocycles. The number of rotatable bonds is 8. The van der Waals surface area contributed by atoms with E-state index in [1.54, 1.807) is 18.4 Å². The van der Waals surface area contributed by atoms with Gasteiger partial charge in [-0.1, -0.05) is 13.8 Å². The Bertz CT molecular complexity index is 357. The number of methoxy groups -OCH3 is 1. The van der Waals surface area contributed by atoms with E-state index in [1.807, 2.05) is 0 Å². The van der Waals surface area contributed by atoms with E-state index in [9.17, 15) is 0 Å². The van der Waals surface area contributed by atoms with E-state index in [1.165, 1.54) is 13.1 Å². The van der Waals surface area contributed by atoms with Crippen molar-refractivity contribution in [2.45, 2.75) is 32.7 Å². The van der Waals surface area contributed by atoms with Crippen LogP contribution >= 0.6 is 43.2 Å². The van der Waals surface area contributed by atoms with Crippen molar-refractivity contribution in [2.75, 3.05) is 20.3 Å². The van der Waals surface area contributed by atoms with Crippen LogP contribution in [0.2, 0.25) is 0 Å². The van der Waals surface area contributed by atoms with Gasteiger partial charge in [0.2, 0.25) is 0 Å². The molecule has 0 aliphatic heterocycles. The number of nitrogens with one attached hydrogen (secondary N) is 1. The lowest BCUT2D eigenvalue weighted by Gasteiger charge is -2.25. The maximum absolute atomic E-state index is 5.19. The second-order valence-electron chi connectivity index (χ2n) is 4.47. The zero-order valence-electron chi connectivity index (χ0n) is 11.1. The predicted octanol–water partition coefficient (Wildman–Crippen LogP) is 4.99. The second-order valence-corrected chi connectivity index (χ2v) is 8.22. The Morgan fingerprint density at radius 2 is 2.17 bits per heavy atom. The standard InChI is InChI=1S/C13H21Br2NOS/c1-4-6-16-12(9(2)5-7-17-3)10-8-11(14)18-13(10)15/h8-9,12,16H,4-7H2,1-3H3. The van der Waals surface area contributed by atoms with Gasteiger partial charge in [-0.05, 0) is 68.8 Å². The first kappa shape index (κ1) is 16.6. The molecular weight excluding hydrogens is 378 g/mol. The number of thiophene rings is 1. The van der Waals surface area contributed by atoms with Crippen molar-refractivity contribution in [1.82, 2.24) is 5.32 Å². The van der Waals surface area contributed by atoms with Crippen LogP contribution < -0.4 is 5.32 Å². The highest BCUT2D eigenvalue weighted by Gasteiger charge is 2.22. The predicted molar refractivity (Wildman–Crippen MR) is 86.4 cm³/mol. The van der Waals surface area contributed by atoms with Gasteiger partial charge in [0.15, 0.2) is 0 Å². The van der Waals surface area contributed by atoms with E-state index in [-0.39, 0.29) is 0 Å². The number of halogens is 2. The quantitative estimate of drug-likeness (QED) is 0.666. The van der Waals surface area contributed by atoms with Gasteiger partial charge in [0.05, 0.1) is 7.57 Å². The van der Waals surface area contributed by atoms with E-state index >= 15 is 0 Å². The van der Waals surface area contributed by atoms with Gasteiger partial charge in [-0.15, -0.1) is 11.3 Å². The molecule has 0 bridgehead atoms. The Balaban J connectivity index is 2.79. The third-order valence-electron chi connectivity index (χ3n) is 2.98. The summed E-state index contributed by atoms with van der Waals surface area (Å²) in [5.41, 5.74) is 1.35. The van der Waals surface area contributed by atoms with Gasteiger partial charge < -0.3 is 10.1 Å². The Labute approximate surface area is 131 Å². The van der Waals surface area contributed by atoms with Crippen LogP contribution in [0.5, 0.6) is 0 Å². The molecule has 104 valence electrons. The molecule has 2 unspecified atom stereocenters.